The molecule has 0 bridgehead atoms. The van der Waals surface area contributed by atoms with Crippen molar-refractivity contribution in [2.75, 3.05) is 12.5 Å². The molecule has 0 N–H and O–H groups in total. The fourth-order valence-corrected chi connectivity index (χ4v) is 1.88. The minimum absolute atomic E-state index is 0.104. The van der Waals surface area contributed by atoms with E-state index in [2.05, 4.69) is 4.36 Å². The number of nitro groups is 1. The molecule has 0 amide bonds. The van der Waals surface area contributed by atoms with Crippen LogP contribution in [0, 0.1) is 32.8 Å². The van der Waals surface area contributed by atoms with Gasteiger partial charge in [-0.05, 0) is 12.5 Å². The van der Waals surface area contributed by atoms with E-state index in [0.29, 0.717) is 5.56 Å². The number of rotatable bonds is 3. The van der Waals surface area contributed by atoms with Gasteiger partial charge in [-0.25, -0.2) is 4.36 Å². The van der Waals surface area contributed by atoms with Crippen molar-refractivity contribution in [3.8, 4) is 12.1 Å². The fraction of sp³-hybridized carbons (Fsp3) is 0.167. The third-order valence-corrected chi connectivity index (χ3v) is 2.61. The maximum absolute atomic E-state index is 10.7. The molecule has 0 atom stereocenters. The molecule has 0 aliphatic rings. The van der Waals surface area contributed by atoms with Gasteiger partial charge in [0.05, 0.1) is 4.92 Å². The van der Waals surface area contributed by atoms with Crippen molar-refractivity contribution < 1.29 is 4.92 Å². The van der Waals surface area contributed by atoms with Crippen LogP contribution in [0.2, 0.25) is 0 Å². The van der Waals surface area contributed by atoms with Gasteiger partial charge in [-0.1, -0.05) is 12.1 Å². The molecule has 0 aliphatic carbocycles. The summed E-state index contributed by atoms with van der Waals surface area (Å²) in [6, 6.07) is 9.27. The monoisotopic (exact) mass is 274 g/mol. The quantitative estimate of drug-likeness (QED) is 0.479. The Hall–Kier alpha value is -2.51. The van der Waals surface area contributed by atoms with Gasteiger partial charge < -0.3 is 0 Å². The van der Waals surface area contributed by atoms with Gasteiger partial charge in [-0.2, -0.15) is 10.5 Å². The Morgan fingerprint density at radius 3 is 2.47 bits per heavy atom. The van der Waals surface area contributed by atoms with Gasteiger partial charge in [-0.3, -0.25) is 10.1 Å². The number of nitrogens with zero attached hydrogens (tertiary/aromatic N) is 4. The summed E-state index contributed by atoms with van der Waals surface area (Å²) < 4.78 is 4.23. The van der Waals surface area contributed by atoms with Crippen molar-refractivity contribution in [3.63, 3.8) is 0 Å². The smallest absolute Gasteiger partial charge is 0.258 e. The van der Waals surface area contributed by atoms with Crippen LogP contribution < -0.4 is 0 Å². The molecule has 96 valence electrons. The highest BCUT2D eigenvalue weighted by molar-refractivity contribution is 7.86. The van der Waals surface area contributed by atoms with Crippen molar-refractivity contribution >= 4 is 22.1 Å². The van der Waals surface area contributed by atoms with Gasteiger partial charge in [-0.15, -0.1) is 10.7 Å². The minimum Gasteiger partial charge on any atom is -0.258 e. The zero-order valence-corrected chi connectivity index (χ0v) is 11.1. The number of allylic oxidation sites excluding steroid dienone is 1. The lowest BCUT2D eigenvalue weighted by atomic mass is 10.1. The van der Waals surface area contributed by atoms with E-state index in [0.717, 1.165) is 0 Å². The maximum atomic E-state index is 10.7. The normalized spacial score (nSPS) is 9.32. The summed E-state index contributed by atoms with van der Waals surface area (Å²) in [5.41, 5.74) is 0.338. The predicted octanol–water partition coefficient (Wildman–Crippen LogP) is 2.41. The molecule has 19 heavy (non-hydrogen) atoms. The summed E-state index contributed by atoms with van der Waals surface area (Å²) in [6.07, 6.45) is 3.65. The van der Waals surface area contributed by atoms with Crippen molar-refractivity contribution in [1.29, 1.82) is 10.5 Å². The van der Waals surface area contributed by atoms with Gasteiger partial charge in [0.25, 0.3) is 5.69 Å². The highest BCUT2D eigenvalue weighted by Crippen LogP contribution is 2.24. The average molecular weight is 274 g/mol. The van der Waals surface area contributed by atoms with Gasteiger partial charge >= 0.3 is 0 Å². The number of nitro benzene ring substituents is 1. The first-order valence-corrected chi connectivity index (χ1v) is 7.08. The maximum Gasteiger partial charge on any atom is 0.270 e. The summed E-state index contributed by atoms with van der Waals surface area (Å²) in [6.45, 7) is 0. The zero-order valence-electron chi connectivity index (χ0n) is 10.3. The Morgan fingerprint density at radius 1 is 1.37 bits per heavy atom. The molecule has 1 aromatic rings. The van der Waals surface area contributed by atoms with E-state index >= 15 is 0 Å². The summed E-state index contributed by atoms with van der Waals surface area (Å²) >= 11 is 0. The number of hydrogen-bond donors (Lipinski definition) is 0. The van der Waals surface area contributed by atoms with Crippen molar-refractivity contribution in [2.24, 2.45) is 4.36 Å². The number of benzene rings is 1. The Kier molecular flexibility index (Phi) is 4.92. The predicted molar refractivity (Wildman–Crippen MR) is 72.9 cm³/mol. The fourth-order valence-electron chi connectivity index (χ4n) is 1.32. The average Bonchev–Trinajstić information content (AvgIpc) is 2.38. The molecule has 0 heterocycles. The van der Waals surface area contributed by atoms with Crippen LogP contribution in [-0.2, 0) is 10.7 Å². The molecule has 6 nitrogen and oxygen atoms in total. The largest absolute Gasteiger partial charge is 0.270 e. The van der Waals surface area contributed by atoms with Crippen molar-refractivity contribution in [3.05, 3.63) is 45.5 Å². The zero-order chi connectivity index (χ0) is 14.4. The third kappa shape index (κ3) is 3.73. The molecule has 1 rings (SSSR count). The molecule has 0 aliphatic heterocycles. The van der Waals surface area contributed by atoms with Gasteiger partial charge in [0.2, 0.25) is 0 Å². The highest BCUT2D eigenvalue weighted by atomic mass is 32.2. The minimum atomic E-state index is -0.531. The van der Waals surface area contributed by atoms with E-state index in [1.807, 2.05) is 12.5 Å². The SMILES string of the molecule is CS(C)=NC(=C(C#N)C#N)c1cccc([N+](=O)[O-])c1. The molecular weight excluding hydrogens is 264 g/mol. The van der Waals surface area contributed by atoms with Gasteiger partial charge in [0, 0.05) is 17.7 Å². The van der Waals surface area contributed by atoms with E-state index < -0.39 is 15.6 Å². The highest BCUT2D eigenvalue weighted by Gasteiger charge is 2.12. The van der Waals surface area contributed by atoms with E-state index in [4.69, 9.17) is 10.5 Å². The number of non-ortho nitro benzene ring substituents is 1. The molecule has 0 unspecified atom stereocenters. The van der Waals surface area contributed by atoms with Crippen molar-refractivity contribution in [2.45, 2.75) is 0 Å². The molecular formula is C12H10N4O2S. The molecule has 0 spiro atoms. The van der Waals surface area contributed by atoms with Gasteiger partial charge in [0.1, 0.15) is 17.8 Å². The summed E-state index contributed by atoms with van der Waals surface area (Å²) in [5, 5.41) is 28.6. The first-order valence-electron chi connectivity index (χ1n) is 5.08. The molecule has 7 heteroatoms. The van der Waals surface area contributed by atoms with Crippen LogP contribution in [0.4, 0.5) is 5.69 Å². The summed E-state index contributed by atoms with van der Waals surface area (Å²) in [4.78, 5) is 10.2. The Bertz CT molecular complexity index is 645. The first-order chi connectivity index (χ1) is 8.99. The second-order valence-electron chi connectivity index (χ2n) is 3.62. The Morgan fingerprint density at radius 2 is 2.00 bits per heavy atom. The van der Waals surface area contributed by atoms with Crippen LogP contribution in [0.15, 0.2) is 34.2 Å². The van der Waals surface area contributed by atoms with Crippen LogP contribution in [0.3, 0.4) is 0 Å². The topological polar surface area (TPSA) is 103 Å². The number of hydrogen-bond acceptors (Lipinski definition) is 5. The first kappa shape index (κ1) is 14.6. The molecule has 0 radical (unpaired) electrons. The van der Waals surface area contributed by atoms with Crippen LogP contribution in [0.25, 0.3) is 5.70 Å². The Balaban J connectivity index is 3.53. The van der Waals surface area contributed by atoms with Crippen molar-refractivity contribution in [1.82, 2.24) is 0 Å². The molecule has 0 aromatic heterocycles. The van der Waals surface area contributed by atoms with E-state index in [9.17, 15) is 10.1 Å². The van der Waals surface area contributed by atoms with E-state index in [1.54, 1.807) is 18.2 Å². The van der Waals surface area contributed by atoms with Crippen LogP contribution >= 0.6 is 0 Å². The third-order valence-electron chi connectivity index (χ3n) is 2.06. The molecule has 1 aromatic carbocycles. The molecule has 0 saturated carbocycles. The lowest BCUT2D eigenvalue weighted by Crippen LogP contribution is -1.93. The van der Waals surface area contributed by atoms with E-state index in [1.165, 1.54) is 18.2 Å². The summed E-state index contributed by atoms with van der Waals surface area (Å²) in [5.74, 6) is 0. The second kappa shape index (κ2) is 6.43. The van der Waals surface area contributed by atoms with Gasteiger partial charge in [0.15, 0.2) is 5.57 Å². The van der Waals surface area contributed by atoms with Crippen LogP contribution in [0.1, 0.15) is 5.56 Å². The van der Waals surface area contributed by atoms with Crippen LogP contribution in [-0.4, -0.2) is 17.4 Å². The molecule has 0 saturated heterocycles. The Labute approximate surface area is 112 Å². The molecule has 0 fully saturated rings. The summed E-state index contributed by atoms with van der Waals surface area (Å²) in [7, 11) is -0.392. The lowest BCUT2D eigenvalue weighted by molar-refractivity contribution is -0.384. The van der Waals surface area contributed by atoms with Crippen LogP contribution in [0.5, 0.6) is 0 Å². The lowest BCUT2D eigenvalue weighted by Gasteiger charge is -2.03. The second-order valence-corrected chi connectivity index (χ2v) is 5.35. The van der Waals surface area contributed by atoms with E-state index in [-0.39, 0.29) is 17.0 Å². The number of nitriles is 2. The standard InChI is InChI=1S/C12H10N4O2S/c1-19(2)15-12(10(7-13)8-14)9-4-3-5-11(6-9)16(17)18/h3-6H,1-2H3.